The van der Waals surface area contributed by atoms with Crippen molar-refractivity contribution in [1.29, 1.82) is 0 Å². The third-order valence-electron chi connectivity index (χ3n) is 3.91. The van der Waals surface area contributed by atoms with Crippen LogP contribution in [0.3, 0.4) is 0 Å². The molecule has 3 heteroatoms. The molecule has 1 N–H and O–H groups in total. The summed E-state index contributed by atoms with van der Waals surface area (Å²) in [5.74, 6) is -0.0815. The van der Waals surface area contributed by atoms with Gasteiger partial charge in [-0.25, -0.2) is 0 Å². The van der Waals surface area contributed by atoms with E-state index in [1.807, 2.05) is 68.4 Å². The summed E-state index contributed by atoms with van der Waals surface area (Å²) in [5.41, 5.74) is 1.47. The number of hydrogen-bond donors (Lipinski definition) is 1. The quantitative estimate of drug-likeness (QED) is 0.915. The monoisotopic (exact) mass is 297 g/mol. The van der Waals surface area contributed by atoms with Crippen molar-refractivity contribution in [3.05, 3.63) is 65.7 Å². The Morgan fingerprint density at radius 3 is 2.27 bits per heavy atom. The molecule has 0 aromatic heterocycles. The number of carbonyl (C=O) groups is 1. The zero-order chi connectivity index (χ0) is 16.2. The van der Waals surface area contributed by atoms with Gasteiger partial charge in [0.05, 0.1) is 12.0 Å². The molecule has 1 unspecified atom stereocenters. The average molecular weight is 297 g/mol. The van der Waals surface area contributed by atoms with Gasteiger partial charge in [0.15, 0.2) is 0 Å². The fraction of sp³-hybridized carbons (Fsp3) is 0.316. The molecule has 0 saturated carbocycles. The summed E-state index contributed by atoms with van der Waals surface area (Å²) >= 11 is 0. The number of amides is 1. The largest absolute Gasteiger partial charge is 0.385 e. The van der Waals surface area contributed by atoms with Crippen molar-refractivity contribution in [2.24, 2.45) is 0 Å². The minimum absolute atomic E-state index is 0.0561. The highest BCUT2D eigenvalue weighted by Gasteiger charge is 2.30. The highest BCUT2D eigenvalue weighted by molar-refractivity contribution is 5.94. The van der Waals surface area contributed by atoms with E-state index in [0.29, 0.717) is 6.54 Å². The summed E-state index contributed by atoms with van der Waals surface area (Å²) in [6.45, 7) is 6.16. The van der Waals surface area contributed by atoms with Gasteiger partial charge in [-0.05, 0) is 44.0 Å². The summed E-state index contributed by atoms with van der Waals surface area (Å²) in [5, 5.41) is 10.8. The Kier molecular flexibility index (Phi) is 4.99. The van der Waals surface area contributed by atoms with Gasteiger partial charge in [0.25, 0.3) is 0 Å². The van der Waals surface area contributed by atoms with Gasteiger partial charge in [-0.15, -0.1) is 0 Å². The number of aryl methyl sites for hydroxylation is 1. The number of rotatable bonds is 5. The molecule has 0 fully saturated rings. The first-order valence-corrected chi connectivity index (χ1v) is 7.59. The minimum Gasteiger partial charge on any atom is -0.385 e. The van der Waals surface area contributed by atoms with E-state index in [1.165, 1.54) is 0 Å². The first-order chi connectivity index (χ1) is 10.5. The van der Waals surface area contributed by atoms with Crippen LogP contribution in [-0.4, -0.2) is 17.6 Å². The molecule has 0 aliphatic carbocycles. The van der Waals surface area contributed by atoms with Crippen LogP contribution in [0.5, 0.6) is 0 Å². The second-order valence-electron chi connectivity index (χ2n) is 5.74. The maximum absolute atomic E-state index is 12.6. The van der Waals surface area contributed by atoms with E-state index in [4.69, 9.17) is 0 Å². The fourth-order valence-corrected chi connectivity index (χ4v) is 2.77. The van der Waals surface area contributed by atoms with Gasteiger partial charge in [0.1, 0.15) is 0 Å². The lowest BCUT2D eigenvalue weighted by Gasteiger charge is -2.29. The van der Waals surface area contributed by atoms with Gasteiger partial charge in [0.2, 0.25) is 5.91 Å². The van der Waals surface area contributed by atoms with Gasteiger partial charge in [-0.1, -0.05) is 42.5 Å². The van der Waals surface area contributed by atoms with Gasteiger partial charge in [-0.3, -0.25) is 4.79 Å². The molecule has 0 saturated heterocycles. The maximum Gasteiger partial charge on any atom is 0.230 e. The van der Waals surface area contributed by atoms with Crippen molar-refractivity contribution in [1.82, 2.24) is 0 Å². The Hall–Kier alpha value is -2.13. The van der Waals surface area contributed by atoms with Gasteiger partial charge < -0.3 is 10.0 Å². The summed E-state index contributed by atoms with van der Waals surface area (Å²) in [6, 6.07) is 17.2. The van der Waals surface area contributed by atoms with Crippen molar-refractivity contribution >= 4 is 11.6 Å². The van der Waals surface area contributed by atoms with Crippen LogP contribution < -0.4 is 4.90 Å². The molecule has 2 aromatic rings. The predicted molar refractivity (Wildman–Crippen MR) is 89.8 cm³/mol. The molecule has 0 bridgehead atoms. The molecule has 0 spiro atoms. The SMILES string of the molecule is CCN(C(=O)CC(C)(O)c1ccccc1C)c1ccccc1. The number of nitrogens with zero attached hydrogens (tertiary/aromatic N) is 1. The normalized spacial score (nSPS) is 13.5. The number of aliphatic hydroxyl groups is 1. The Labute approximate surface area is 132 Å². The smallest absolute Gasteiger partial charge is 0.230 e. The molecule has 1 amide bonds. The average Bonchev–Trinajstić information content (AvgIpc) is 2.48. The molecule has 2 aromatic carbocycles. The van der Waals surface area contributed by atoms with Crippen LogP contribution in [-0.2, 0) is 10.4 Å². The Bertz CT molecular complexity index is 635. The van der Waals surface area contributed by atoms with Gasteiger partial charge >= 0.3 is 0 Å². The topological polar surface area (TPSA) is 40.5 Å². The second kappa shape index (κ2) is 6.75. The lowest BCUT2D eigenvalue weighted by molar-refractivity contribution is -0.123. The van der Waals surface area contributed by atoms with Crippen LogP contribution >= 0.6 is 0 Å². The van der Waals surface area contributed by atoms with E-state index in [1.54, 1.807) is 11.8 Å². The fourth-order valence-electron chi connectivity index (χ4n) is 2.77. The lowest BCUT2D eigenvalue weighted by atomic mass is 9.88. The van der Waals surface area contributed by atoms with Gasteiger partial charge in [0, 0.05) is 12.2 Å². The van der Waals surface area contributed by atoms with E-state index in [-0.39, 0.29) is 12.3 Å². The standard InChI is InChI=1S/C19H23NO2/c1-4-20(16-11-6-5-7-12-16)18(21)14-19(3,22)17-13-9-8-10-15(17)2/h5-13,22H,4,14H2,1-3H3. The van der Waals surface area contributed by atoms with Gasteiger partial charge in [-0.2, -0.15) is 0 Å². The van der Waals surface area contributed by atoms with E-state index < -0.39 is 5.60 Å². The molecule has 0 aliphatic rings. The van der Waals surface area contributed by atoms with E-state index in [0.717, 1.165) is 16.8 Å². The first kappa shape index (κ1) is 16.2. The van der Waals surface area contributed by atoms with Crippen LogP contribution in [0.2, 0.25) is 0 Å². The van der Waals surface area contributed by atoms with Crippen molar-refractivity contribution in [3.63, 3.8) is 0 Å². The van der Waals surface area contributed by atoms with Crippen LogP contribution in [0.15, 0.2) is 54.6 Å². The van der Waals surface area contributed by atoms with E-state index in [9.17, 15) is 9.90 Å². The molecule has 116 valence electrons. The number of para-hydroxylation sites is 1. The summed E-state index contributed by atoms with van der Waals surface area (Å²) in [6.07, 6.45) is 0.0561. The molecule has 2 rings (SSSR count). The van der Waals surface area contributed by atoms with Crippen molar-refractivity contribution in [2.45, 2.75) is 32.8 Å². The Morgan fingerprint density at radius 1 is 1.09 bits per heavy atom. The van der Waals surface area contributed by atoms with E-state index in [2.05, 4.69) is 0 Å². The van der Waals surface area contributed by atoms with E-state index >= 15 is 0 Å². The molecule has 3 nitrogen and oxygen atoms in total. The first-order valence-electron chi connectivity index (χ1n) is 7.59. The highest BCUT2D eigenvalue weighted by Crippen LogP contribution is 2.29. The molecular formula is C19H23NO2. The summed E-state index contributed by atoms with van der Waals surface area (Å²) in [7, 11) is 0. The van der Waals surface area contributed by atoms with Crippen molar-refractivity contribution in [2.75, 3.05) is 11.4 Å². The molecular weight excluding hydrogens is 274 g/mol. The van der Waals surface area contributed by atoms with Crippen molar-refractivity contribution < 1.29 is 9.90 Å². The maximum atomic E-state index is 12.6. The molecule has 0 aliphatic heterocycles. The zero-order valence-electron chi connectivity index (χ0n) is 13.4. The third-order valence-corrected chi connectivity index (χ3v) is 3.91. The van der Waals surface area contributed by atoms with Crippen LogP contribution in [0, 0.1) is 6.92 Å². The predicted octanol–water partition coefficient (Wildman–Crippen LogP) is 3.65. The zero-order valence-corrected chi connectivity index (χ0v) is 13.4. The highest BCUT2D eigenvalue weighted by atomic mass is 16.3. The van der Waals surface area contributed by atoms with Crippen LogP contribution in [0.4, 0.5) is 5.69 Å². The minimum atomic E-state index is -1.18. The van der Waals surface area contributed by atoms with Crippen molar-refractivity contribution in [3.8, 4) is 0 Å². The van der Waals surface area contributed by atoms with Crippen LogP contribution in [0.1, 0.15) is 31.4 Å². The number of benzene rings is 2. The molecule has 1 atom stereocenters. The molecule has 22 heavy (non-hydrogen) atoms. The molecule has 0 heterocycles. The molecule has 0 radical (unpaired) electrons. The van der Waals surface area contributed by atoms with Crippen LogP contribution in [0.25, 0.3) is 0 Å². The Balaban J connectivity index is 2.21. The Morgan fingerprint density at radius 2 is 1.68 bits per heavy atom. The summed E-state index contributed by atoms with van der Waals surface area (Å²) in [4.78, 5) is 14.3. The number of carbonyl (C=O) groups excluding carboxylic acids is 1. The number of anilines is 1. The third kappa shape index (κ3) is 3.55. The lowest BCUT2D eigenvalue weighted by Crippen LogP contribution is -2.37. The summed E-state index contributed by atoms with van der Waals surface area (Å²) < 4.78 is 0. The number of hydrogen-bond acceptors (Lipinski definition) is 2. The second-order valence-corrected chi connectivity index (χ2v) is 5.74.